The Hall–Kier alpha value is -5.10. The van der Waals surface area contributed by atoms with E-state index in [-0.39, 0.29) is 29.4 Å². The molecule has 11 heteroatoms. The van der Waals surface area contributed by atoms with Crippen LogP contribution in [0, 0.1) is 5.92 Å². The van der Waals surface area contributed by atoms with E-state index in [2.05, 4.69) is 48.5 Å². The van der Waals surface area contributed by atoms with Crippen molar-refractivity contribution in [3.63, 3.8) is 0 Å². The lowest BCUT2D eigenvalue weighted by Crippen LogP contribution is -2.51. The lowest BCUT2D eigenvalue weighted by Gasteiger charge is -2.37. The summed E-state index contributed by atoms with van der Waals surface area (Å²) in [5.74, 6) is 0.787. The van der Waals surface area contributed by atoms with Gasteiger partial charge in [-0.2, -0.15) is 0 Å². The normalized spacial score (nSPS) is 23.0. The smallest absolute Gasteiger partial charge is 0.264 e. The van der Waals surface area contributed by atoms with Gasteiger partial charge in [0, 0.05) is 36.7 Å². The van der Waals surface area contributed by atoms with Gasteiger partial charge in [0.2, 0.25) is 5.91 Å². The van der Waals surface area contributed by atoms with Crippen LogP contribution in [0.3, 0.4) is 0 Å². The number of aliphatic hydroxyl groups excluding tert-OH is 1. The lowest BCUT2D eigenvalue weighted by atomic mass is 9.82. The molecule has 5 atom stereocenters. The first-order valence-electron chi connectivity index (χ1n) is 19.4. The number of carbonyl (C=O) groups is 2. The largest absolute Gasteiger partial charge is 0.497 e. The number of benzene rings is 4. The van der Waals surface area contributed by atoms with Crippen molar-refractivity contribution in [3.8, 4) is 5.75 Å². The molecule has 1 N–H and O–H groups in total. The molecule has 0 unspecified atom stereocenters. The third-order valence-corrected chi connectivity index (χ3v) is 16.6. The first-order chi connectivity index (χ1) is 26.6. The molecule has 2 saturated heterocycles. The predicted molar refractivity (Wildman–Crippen MR) is 215 cm³/mol. The Labute approximate surface area is 323 Å². The Morgan fingerprint density at radius 3 is 2.40 bits per heavy atom. The van der Waals surface area contributed by atoms with Crippen LogP contribution in [0.5, 0.6) is 5.75 Å². The summed E-state index contributed by atoms with van der Waals surface area (Å²) in [4.78, 5) is 31.5. The van der Waals surface area contributed by atoms with Gasteiger partial charge in [0.05, 0.1) is 39.7 Å². The number of ether oxygens (including phenoxy) is 2. The molecule has 0 saturated carbocycles. The highest BCUT2D eigenvalue weighted by Gasteiger charge is 2.66. The molecule has 3 aliphatic rings. The number of aryl methyl sites for hydroxylation is 1. The topological polar surface area (TPSA) is 110 Å². The van der Waals surface area contributed by atoms with Crippen molar-refractivity contribution in [2.75, 3.05) is 23.5 Å². The number of rotatable bonds is 11. The van der Waals surface area contributed by atoms with Gasteiger partial charge in [0.25, 0.3) is 5.91 Å². The third-order valence-electron chi connectivity index (χ3n) is 12.2. The molecule has 0 radical (unpaired) electrons. The number of piperidine rings is 1. The quantitative estimate of drug-likeness (QED) is 0.149. The van der Waals surface area contributed by atoms with Gasteiger partial charge in [0.1, 0.15) is 17.5 Å². The van der Waals surface area contributed by atoms with E-state index in [0.29, 0.717) is 31.6 Å². The molecule has 2 fully saturated rings. The van der Waals surface area contributed by atoms with Crippen LogP contribution in [0.1, 0.15) is 61.1 Å². The van der Waals surface area contributed by atoms with Gasteiger partial charge in [-0.3, -0.25) is 14.3 Å². The van der Waals surface area contributed by atoms with Crippen molar-refractivity contribution in [2.45, 2.75) is 82.1 Å². The molecule has 4 heterocycles. The molecular weight excluding hydrogens is 707 g/mol. The molecular formula is C44H49N5O5Si. The number of aromatic nitrogens is 3. The summed E-state index contributed by atoms with van der Waals surface area (Å²) in [6.45, 7) is 8.61. The first-order valence-corrected chi connectivity index (χ1v) is 22.5. The van der Waals surface area contributed by atoms with Crippen LogP contribution in [-0.4, -0.2) is 59.7 Å². The van der Waals surface area contributed by atoms with Gasteiger partial charge < -0.3 is 24.4 Å². The molecule has 55 heavy (non-hydrogen) atoms. The van der Waals surface area contributed by atoms with Crippen molar-refractivity contribution in [2.24, 2.45) is 5.92 Å². The molecule has 1 aromatic heterocycles. The van der Waals surface area contributed by atoms with Gasteiger partial charge in [-0.05, 0) is 66.3 Å². The second kappa shape index (κ2) is 14.9. The first kappa shape index (κ1) is 36.9. The zero-order valence-corrected chi connectivity index (χ0v) is 33.0. The van der Waals surface area contributed by atoms with E-state index in [1.165, 1.54) is 5.19 Å². The summed E-state index contributed by atoms with van der Waals surface area (Å²) < 4.78 is 14.6. The number of hydrogen-bond acceptors (Lipinski definition) is 7. The van der Waals surface area contributed by atoms with E-state index in [0.717, 1.165) is 53.2 Å². The van der Waals surface area contributed by atoms with E-state index in [1.807, 2.05) is 94.7 Å². The van der Waals surface area contributed by atoms with Gasteiger partial charge in [-0.15, -0.1) is 5.10 Å². The maximum Gasteiger partial charge on any atom is 0.264 e. The Balaban J connectivity index is 1.11. The van der Waals surface area contributed by atoms with Crippen LogP contribution in [0.4, 0.5) is 11.4 Å². The fourth-order valence-electron chi connectivity index (χ4n) is 9.35. The summed E-state index contributed by atoms with van der Waals surface area (Å²) in [5.41, 5.74) is 3.80. The number of anilines is 2. The monoisotopic (exact) mass is 755 g/mol. The second-order valence-corrected chi connectivity index (χ2v) is 20.4. The summed E-state index contributed by atoms with van der Waals surface area (Å²) in [5, 5.41) is 21.0. The lowest BCUT2D eigenvalue weighted by molar-refractivity contribution is -0.146. The SMILES string of the molecule is COc1ccc([Si](C)(C)[C@@H]2[C@@H](CCn3cc([C@H](O)c4ccccc4)nn3)O[C@]3(C(=O)N(Cc4ccc(N5CCCCC5=O)cc4)c4ccccc43)[C@H]2C)cc1. The Morgan fingerprint density at radius 1 is 0.945 bits per heavy atom. The second-order valence-electron chi connectivity index (χ2n) is 15.7. The fourth-order valence-corrected chi connectivity index (χ4v) is 13.4. The van der Waals surface area contributed by atoms with Crippen molar-refractivity contribution >= 4 is 36.4 Å². The van der Waals surface area contributed by atoms with Crippen molar-refractivity contribution in [3.05, 3.63) is 132 Å². The molecule has 284 valence electrons. The number of carbonyl (C=O) groups excluding carboxylic acids is 2. The van der Waals surface area contributed by atoms with E-state index < -0.39 is 19.8 Å². The molecule has 0 bridgehead atoms. The molecule has 0 aliphatic carbocycles. The fraction of sp³-hybridized carbons (Fsp3) is 0.364. The number of aliphatic hydroxyl groups is 1. The third kappa shape index (κ3) is 6.57. The number of methoxy groups -OCH3 is 1. The predicted octanol–water partition coefficient (Wildman–Crippen LogP) is 6.74. The van der Waals surface area contributed by atoms with Crippen LogP contribution >= 0.6 is 0 Å². The maximum absolute atomic E-state index is 15.2. The molecule has 5 aromatic rings. The van der Waals surface area contributed by atoms with Crippen molar-refractivity contribution in [1.29, 1.82) is 0 Å². The minimum atomic E-state index is -2.34. The van der Waals surface area contributed by atoms with Crippen LogP contribution in [0.15, 0.2) is 109 Å². The van der Waals surface area contributed by atoms with E-state index in [4.69, 9.17) is 9.47 Å². The number of nitrogens with zero attached hydrogens (tertiary/aromatic N) is 5. The Bertz CT molecular complexity index is 2160. The molecule has 3 aliphatic heterocycles. The number of amides is 2. The zero-order chi connectivity index (χ0) is 38.3. The van der Waals surface area contributed by atoms with E-state index in [1.54, 1.807) is 18.0 Å². The number of hydrogen-bond donors (Lipinski definition) is 1. The van der Waals surface area contributed by atoms with Crippen LogP contribution in [0.2, 0.25) is 18.6 Å². The Morgan fingerprint density at radius 2 is 1.67 bits per heavy atom. The Kier molecular flexibility index (Phi) is 9.95. The molecule has 1 spiro atoms. The maximum atomic E-state index is 15.2. The van der Waals surface area contributed by atoms with Crippen LogP contribution < -0.4 is 19.7 Å². The minimum Gasteiger partial charge on any atom is -0.497 e. The van der Waals surface area contributed by atoms with E-state index >= 15 is 4.79 Å². The van der Waals surface area contributed by atoms with Crippen LogP contribution in [0.25, 0.3) is 0 Å². The molecule has 8 rings (SSSR count). The summed E-state index contributed by atoms with van der Waals surface area (Å²) in [6, 6.07) is 34.0. The summed E-state index contributed by atoms with van der Waals surface area (Å²) in [6.07, 6.45) is 3.80. The van der Waals surface area contributed by atoms with Gasteiger partial charge >= 0.3 is 0 Å². The minimum absolute atomic E-state index is 0.0439. The highest BCUT2D eigenvalue weighted by atomic mass is 28.3. The standard InChI is InChI=1S/C44H49N5O5Si/c1-30-42(55(3,4)35-23-21-34(53-2)22-24-35)39(25-27-47-29-37(45-46-47)41(51)32-12-6-5-7-13-32)54-44(30)36-14-8-9-15-38(36)49(43(44)52)28-31-17-19-33(20-18-31)48-26-11-10-16-40(48)50/h5-9,12-15,17-24,29-30,39,41-42,51H,10-11,16,25-28H2,1-4H3/t30-,39+,41+,42-,44+/m0/s1. The highest BCUT2D eigenvalue weighted by Crippen LogP contribution is 2.60. The molecule has 2 amide bonds. The van der Waals surface area contributed by atoms with Crippen molar-refractivity contribution < 1.29 is 24.2 Å². The average Bonchev–Trinajstić information content (AvgIpc) is 3.88. The average molecular weight is 756 g/mol. The van der Waals surface area contributed by atoms with Crippen LogP contribution in [-0.2, 0) is 33.0 Å². The zero-order valence-electron chi connectivity index (χ0n) is 32.0. The number of fused-ring (bicyclic) bond motifs is 2. The summed E-state index contributed by atoms with van der Waals surface area (Å²) in [7, 11) is -0.663. The van der Waals surface area contributed by atoms with Gasteiger partial charge in [0.15, 0.2) is 5.60 Å². The van der Waals surface area contributed by atoms with E-state index in [9.17, 15) is 9.90 Å². The summed E-state index contributed by atoms with van der Waals surface area (Å²) >= 11 is 0. The van der Waals surface area contributed by atoms with Gasteiger partial charge in [-0.25, -0.2) is 0 Å². The highest BCUT2D eigenvalue weighted by molar-refractivity contribution is 6.91. The number of para-hydroxylation sites is 1. The molecule has 4 aromatic carbocycles. The van der Waals surface area contributed by atoms with Crippen molar-refractivity contribution in [1.82, 2.24) is 15.0 Å². The van der Waals surface area contributed by atoms with Gasteiger partial charge in [-0.1, -0.05) is 103 Å². The molecule has 10 nitrogen and oxygen atoms in total.